The highest BCUT2D eigenvalue weighted by atomic mass is 19.1. The van der Waals surface area contributed by atoms with Crippen molar-refractivity contribution >= 4 is 5.91 Å². The molecule has 6 heteroatoms. The molecule has 1 aromatic carbocycles. The normalized spacial score (nSPS) is 12.2. The third kappa shape index (κ3) is 4.17. The molecule has 1 unspecified atom stereocenters. The first-order valence-corrected chi connectivity index (χ1v) is 6.06. The number of aromatic hydroxyl groups is 1. The average molecular weight is 273 g/mol. The summed E-state index contributed by atoms with van der Waals surface area (Å²) in [6, 6.07) is 1.22. The van der Waals surface area contributed by atoms with Crippen LogP contribution in [0.3, 0.4) is 0 Å². The molecule has 0 aromatic heterocycles. The second-order valence-electron chi connectivity index (χ2n) is 4.28. The van der Waals surface area contributed by atoms with Gasteiger partial charge in [0.25, 0.3) is 5.91 Å². The van der Waals surface area contributed by atoms with Crippen molar-refractivity contribution < 1.29 is 23.8 Å². The first kappa shape index (κ1) is 15.4. The fourth-order valence-corrected chi connectivity index (χ4v) is 1.74. The lowest BCUT2D eigenvalue weighted by Crippen LogP contribution is -2.30. The van der Waals surface area contributed by atoms with E-state index in [-0.39, 0.29) is 19.1 Å². The molecule has 0 fully saturated rings. The number of hydrogen-bond donors (Lipinski definition) is 3. The lowest BCUT2D eigenvalue weighted by atomic mass is 10.0. The van der Waals surface area contributed by atoms with Crippen LogP contribution in [0.4, 0.5) is 8.78 Å². The number of nitrogens with one attached hydrogen (secondary N) is 1. The van der Waals surface area contributed by atoms with Crippen LogP contribution in [0.5, 0.6) is 5.75 Å². The number of rotatable bonds is 6. The number of carbonyl (C=O) groups is 1. The van der Waals surface area contributed by atoms with Gasteiger partial charge in [-0.05, 0) is 12.3 Å². The second kappa shape index (κ2) is 7.04. The van der Waals surface area contributed by atoms with E-state index >= 15 is 0 Å². The molecular formula is C13H17F2NO3. The largest absolute Gasteiger partial charge is 0.507 e. The zero-order chi connectivity index (χ0) is 14.4. The van der Waals surface area contributed by atoms with Gasteiger partial charge in [-0.1, -0.05) is 13.3 Å². The Bertz CT molecular complexity index is 429. The van der Waals surface area contributed by atoms with Crippen LogP contribution in [-0.4, -0.2) is 29.3 Å². The second-order valence-corrected chi connectivity index (χ2v) is 4.28. The summed E-state index contributed by atoms with van der Waals surface area (Å²) in [5.74, 6) is -3.51. The summed E-state index contributed by atoms with van der Waals surface area (Å²) in [7, 11) is 0. The van der Waals surface area contributed by atoms with E-state index in [0.717, 1.165) is 6.42 Å². The third-order valence-electron chi connectivity index (χ3n) is 2.93. The molecule has 0 aliphatic heterocycles. The zero-order valence-electron chi connectivity index (χ0n) is 10.6. The number of hydrogen-bond acceptors (Lipinski definition) is 3. The number of phenols is 1. The molecule has 1 atom stereocenters. The van der Waals surface area contributed by atoms with Gasteiger partial charge in [0, 0.05) is 25.3 Å². The molecular weight excluding hydrogens is 256 g/mol. The summed E-state index contributed by atoms with van der Waals surface area (Å²) in [4.78, 5) is 11.7. The van der Waals surface area contributed by atoms with Gasteiger partial charge in [-0.25, -0.2) is 8.78 Å². The van der Waals surface area contributed by atoms with E-state index in [1.165, 1.54) is 0 Å². The molecule has 0 heterocycles. The molecule has 0 spiro atoms. The number of benzene rings is 1. The number of halogens is 2. The molecule has 0 radical (unpaired) electrons. The third-order valence-corrected chi connectivity index (χ3v) is 2.93. The van der Waals surface area contributed by atoms with Crippen molar-refractivity contribution in [2.75, 3.05) is 13.2 Å². The molecule has 0 saturated heterocycles. The molecule has 3 N–H and O–H groups in total. The Kier molecular flexibility index (Phi) is 5.69. The number of carbonyl (C=O) groups excluding carboxylic acids is 1. The van der Waals surface area contributed by atoms with Crippen molar-refractivity contribution in [2.45, 2.75) is 19.8 Å². The minimum absolute atomic E-state index is 0.00450. The summed E-state index contributed by atoms with van der Waals surface area (Å²) < 4.78 is 26.2. The monoisotopic (exact) mass is 273 g/mol. The predicted octanol–water partition coefficient (Wildman–Crippen LogP) is 1.81. The van der Waals surface area contributed by atoms with Crippen LogP contribution in [0.2, 0.25) is 0 Å². The van der Waals surface area contributed by atoms with Gasteiger partial charge in [-0.2, -0.15) is 0 Å². The van der Waals surface area contributed by atoms with E-state index in [0.29, 0.717) is 18.6 Å². The van der Waals surface area contributed by atoms with Crippen molar-refractivity contribution in [3.05, 3.63) is 29.3 Å². The van der Waals surface area contributed by atoms with E-state index in [9.17, 15) is 18.7 Å². The van der Waals surface area contributed by atoms with Crippen molar-refractivity contribution in [2.24, 2.45) is 5.92 Å². The molecule has 0 saturated carbocycles. The van der Waals surface area contributed by atoms with Crippen molar-refractivity contribution in [3.63, 3.8) is 0 Å². The lowest BCUT2D eigenvalue weighted by molar-refractivity contribution is 0.0936. The molecule has 1 amide bonds. The van der Waals surface area contributed by atoms with Crippen LogP contribution in [0.25, 0.3) is 0 Å². The Morgan fingerprint density at radius 1 is 1.42 bits per heavy atom. The van der Waals surface area contributed by atoms with Crippen molar-refractivity contribution in [1.82, 2.24) is 5.32 Å². The molecule has 4 nitrogen and oxygen atoms in total. The van der Waals surface area contributed by atoms with E-state index in [1.807, 2.05) is 6.92 Å². The Morgan fingerprint density at radius 3 is 2.63 bits per heavy atom. The summed E-state index contributed by atoms with van der Waals surface area (Å²) in [6.45, 7) is 2.17. The van der Waals surface area contributed by atoms with Crippen molar-refractivity contribution in [1.29, 1.82) is 0 Å². The molecule has 106 valence electrons. The van der Waals surface area contributed by atoms with Crippen LogP contribution in [-0.2, 0) is 0 Å². The molecule has 1 rings (SSSR count). The van der Waals surface area contributed by atoms with E-state index in [4.69, 9.17) is 5.11 Å². The number of aliphatic hydroxyl groups excluding tert-OH is 1. The molecule has 0 bridgehead atoms. The van der Waals surface area contributed by atoms with Crippen LogP contribution in [0.1, 0.15) is 30.1 Å². The fourth-order valence-electron chi connectivity index (χ4n) is 1.74. The maximum atomic E-state index is 13.4. The van der Waals surface area contributed by atoms with Gasteiger partial charge in [0.1, 0.15) is 22.9 Å². The molecule has 0 aliphatic carbocycles. The first-order valence-electron chi connectivity index (χ1n) is 6.06. The lowest BCUT2D eigenvalue weighted by Gasteiger charge is -2.15. The van der Waals surface area contributed by atoms with E-state index in [1.54, 1.807) is 0 Å². The first-order chi connectivity index (χ1) is 8.99. The predicted molar refractivity (Wildman–Crippen MR) is 65.8 cm³/mol. The van der Waals surface area contributed by atoms with E-state index < -0.39 is 28.9 Å². The quantitative estimate of drug-likeness (QED) is 0.740. The molecule has 0 aliphatic rings. The molecule has 19 heavy (non-hydrogen) atoms. The summed E-state index contributed by atoms with van der Waals surface area (Å²) in [5, 5.41) is 20.7. The van der Waals surface area contributed by atoms with Crippen LogP contribution < -0.4 is 5.32 Å². The van der Waals surface area contributed by atoms with Gasteiger partial charge in [-0.15, -0.1) is 0 Å². The number of aliphatic hydroxyl groups is 1. The smallest absolute Gasteiger partial charge is 0.258 e. The maximum Gasteiger partial charge on any atom is 0.258 e. The minimum atomic E-state index is -1.11. The summed E-state index contributed by atoms with van der Waals surface area (Å²) in [5.41, 5.74) is -0.569. The topological polar surface area (TPSA) is 69.6 Å². The highest BCUT2D eigenvalue weighted by Gasteiger charge is 2.19. The standard InChI is InChI=1S/C13H17F2NO3/c1-2-8(3-4-17)7-16-13(19)12-10(15)5-9(14)6-11(12)18/h5-6,8,17-18H,2-4,7H2,1H3,(H,16,19). The summed E-state index contributed by atoms with van der Waals surface area (Å²) in [6.07, 6.45) is 1.27. The van der Waals surface area contributed by atoms with Gasteiger partial charge in [0.05, 0.1) is 0 Å². The Hall–Kier alpha value is -1.69. The Morgan fingerprint density at radius 2 is 2.11 bits per heavy atom. The van der Waals surface area contributed by atoms with Crippen LogP contribution in [0, 0.1) is 17.6 Å². The maximum absolute atomic E-state index is 13.4. The highest BCUT2D eigenvalue weighted by molar-refractivity contribution is 5.97. The summed E-state index contributed by atoms with van der Waals surface area (Å²) >= 11 is 0. The molecule has 1 aromatic rings. The van der Waals surface area contributed by atoms with Gasteiger partial charge >= 0.3 is 0 Å². The van der Waals surface area contributed by atoms with Crippen molar-refractivity contribution in [3.8, 4) is 5.75 Å². The fraction of sp³-hybridized carbons (Fsp3) is 0.462. The van der Waals surface area contributed by atoms with Gasteiger partial charge < -0.3 is 15.5 Å². The van der Waals surface area contributed by atoms with Crippen LogP contribution >= 0.6 is 0 Å². The Balaban J connectivity index is 2.73. The highest BCUT2D eigenvalue weighted by Crippen LogP contribution is 2.22. The van der Waals surface area contributed by atoms with Crippen LogP contribution in [0.15, 0.2) is 12.1 Å². The zero-order valence-corrected chi connectivity index (χ0v) is 10.6. The average Bonchev–Trinajstić information content (AvgIpc) is 2.33. The minimum Gasteiger partial charge on any atom is -0.507 e. The SMILES string of the molecule is CCC(CCO)CNC(=O)c1c(O)cc(F)cc1F. The van der Waals surface area contributed by atoms with E-state index in [2.05, 4.69) is 5.32 Å². The number of amides is 1. The van der Waals surface area contributed by atoms with Gasteiger partial charge in [0.15, 0.2) is 0 Å². The van der Waals surface area contributed by atoms with Gasteiger partial charge in [-0.3, -0.25) is 4.79 Å². The number of phenolic OH excluding ortho intramolecular Hbond substituents is 1. The Labute approximate surface area is 110 Å². The van der Waals surface area contributed by atoms with Gasteiger partial charge in [0.2, 0.25) is 0 Å².